The number of ether oxygens (including phenoxy) is 4. The fourth-order valence-corrected chi connectivity index (χ4v) is 18.3. The summed E-state index contributed by atoms with van der Waals surface area (Å²) in [6.07, 6.45) is 34.5. The summed E-state index contributed by atoms with van der Waals surface area (Å²) >= 11 is 0. The second-order valence-corrected chi connectivity index (χ2v) is 39.8. The molecule has 0 bridgehead atoms. The van der Waals surface area contributed by atoms with E-state index in [-0.39, 0.29) is 169 Å². The molecule has 6 aromatic rings. The van der Waals surface area contributed by atoms with Crippen LogP contribution in [0.15, 0.2) is 84.9 Å². The number of aromatic nitrogens is 4. The number of unbranched alkanes of at least 4 members (excludes halogenated alkanes) is 30. The van der Waals surface area contributed by atoms with E-state index in [1.165, 1.54) is 116 Å². The van der Waals surface area contributed by atoms with E-state index in [0.717, 1.165) is 60.6 Å². The number of anilines is 2. The Labute approximate surface area is 901 Å². The van der Waals surface area contributed by atoms with E-state index in [4.69, 9.17) is 28.0 Å². The van der Waals surface area contributed by atoms with Crippen LogP contribution in [0.25, 0.3) is 22.1 Å². The zero-order chi connectivity index (χ0) is 107. The van der Waals surface area contributed by atoms with E-state index in [1.54, 1.807) is 77.0 Å². The van der Waals surface area contributed by atoms with Crippen LogP contribution < -0.4 is 71.7 Å². The van der Waals surface area contributed by atoms with Gasteiger partial charge >= 0.3 is 53.4 Å². The van der Waals surface area contributed by atoms with E-state index in [1.807, 2.05) is 55.5 Å². The molecular weight excluding hydrogens is 1940 g/mol. The number of imidazole rings is 2. The number of fused-ring (bicyclic) bond motifs is 4. The monoisotopic (exact) mass is 2110 g/mol. The summed E-state index contributed by atoms with van der Waals surface area (Å²) in [5.74, 6) is -4.99. The summed E-state index contributed by atoms with van der Waals surface area (Å²) in [6.45, 7) is 10.6. The minimum atomic E-state index is -4.83. The number of aliphatic carboxylic acids is 2. The summed E-state index contributed by atoms with van der Waals surface area (Å²) in [5, 5.41) is 39.3. The second kappa shape index (κ2) is 74.5. The number of rotatable bonds is 78. The Balaban J connectivity index is 0.000000512. The van der Waals surface area contributed by atoms with Gasteiger partial charge in [0.25, 0.3) is 19.6 Å². The summed E-state index contributed by atoms with van der Waals surface area (Å²) in [4.78, 5) is 201. The number of phosphoric acid groups is 1. The van der Waals surface area contributed by atoms with Crippen LogP contribution in [0.5, 0.6) is 0 Å². The molecule has 0 saturated carbocycles. The molecule has 4 heterocycles. The number of carbonyl (C=O) groups excluding carboxylic acids is 11. The molecule has 149 heavy (non-hydrogen) atoms. The van der Waals surface area contributed by atoms with Gasteiger partial charge in [0, 0.05) is 134 Å². The summed E-state index contributed by atoms with van der Waals surface area (Å²) in [6, 6.07) is 22.4. The smallest absolute Gasteiger partial charge is 0.756 e. The largest absolute Gasteiger partial charge is 1.00 e. The van der Waals surface area contributed by atoms with Crippen LogP contribution in [0.2, 0.25) is 0 Å². The molecule has 4 aromatic carbocycles. The van der Waals surface area contributed by atoms with Crippen molar-refractivity contribution < 1.29 is 140 Å². The topological polar surface area (TPSA) is 512 Å². The number of carbonyl (C=O) groups is 13. The molecule has 1 unspecified atom stereocenters. The fraction of sp³-hybridized carbons (Fsp3) is 0.642. The molecule has 2 aliphatic rings. The van der Waals surface area contributed by atoms with Crippen molar-refractivity contribution in [3.05, 3.63) is 119 Å². The average Bonchev–Trinajstić information content (AvgIpc) is 1.84. The van der Waals surface area contributed by atoms with Gasteiger partial charge in [-0.15, -0.1) is 0 Å². The quantitative estimate of drug-likeness (QED) is 0.00731. The number of nitrogens with one attached hydrogen (secondary N) is 9. The van der Waals surface area contributed by atoms with E-state index in [9.17, 15) is 82.0 Å². The van der Waals surface area contributed by atoms with Crippen LogP contribution in [0.4, 0.5) is 11.4 Å². The van der Waals surface area contributed by atoms with Crippen molar-refractivity contribution in [1.82, 2.24) is 66.1 Å². The number of phosphoric ester groups is 1. The van der Waals surface area contributed by atoms with Gasteiger partial charge in [-0.2, -0.15) is 0 Å². The third-order valence-corrected chi connectivity index (χ3v) is 26.8. The van der Waals surface area contributed by atoms with Crippen molar-refractivity contribution in [1.29, 1.82) is 0 Å². The Bertz CT molecular complexity index is 5020. The minimum absolute atomic E-state index is 0. The molecule has 0 spiro atoms. The Kier molecular flexibility index (Phi) is 63.6. The standard InChI is InChI=1S/C66H85N13O13.C43H83N2O10P.Na/c1-4-91-33-34-92-32-27-59(81)75-53(62(86)68-29-14-6-8-16-31-79-40-46-36-44(22-24-48(46)70-55(66(79)90)38-61(84)85)64(88)77(3)42-57-73-51-19-11-12-20-52(51)74-57)25-26-58(80)67-28-13-5-7-15-30-78-39-45-35-43(21-23-47(45)69-54(65(78)89)37-60(82)83)63(87)76(2)41-56-71-49-17-9-10-18-50(49)72-56;1-4-7-9-11-13-15-17-19-21-23-25-27-29-31-42(48)52-37-39(38-54-56(50,51)53-36-35-45-41(47)34-33-40(46)44-6-3)55-43(49)32-30-28-26-24-22-20-18-16-14-12-10-8-5-2;/h9-12,17-24,35-36,53-55,69-70H,4-8,13-16,25-34,37-42H2,1-3H3,(H,67,80)(H,68,86)(H,71,72)(H,73,74)(H,75,81)(H,82,83)(H,84,85);39H,4-38H2,1-3H3,(H,44,46)(H,45,47)(H,50,51);/q;;+1/p-1/t53-,54+,55+;39-;/m11./s1. The van der Waals surface area contributed by atoms with Crippen LogP contribution >= 0.6 is 7.82 Å². The molecule has 40 heteroatoms. The normalized spacial score (nSPS) is 14.0. The van der Waals surface area contributed by atoms with Crippen molar-refractivity contribution in [3.8, 4) is 0 Å². The number of H-pyrrole nitrogens is 2. The third kappa shape index (κ3) is 52.4. The van der Waals surface area contributed by atoms with Gasteiger partial charge in [-0.3, -0.25) is 66.9 Å². The third-order valence-electron chi connectivity index (χ3n) is 25.8. The molecule has 0 saturated heterocycles. The number of amides is 9. The van der Waals surface area contributed by atoms with E-state index < -0.39 is 93.1 Å². The maximum Gasteiger partial charge on any atom is 1.00 e. The summed E-state index contributed by atoms with van der Waals surface area (Å²) in [7, 11) is -1.46. The molecule has 11 N–H and O–H groups in total. The maximum atomic E-state index is 13.8. The number of esters is 2. The van der Waals surface area contributed by atoms with E-state index in [0.29, 0.717) is 155 Å². The van der Waals surface area contributed by atoms with Gasteiger partial charge in [0.2, 0.25) is 41.4 Å². The molecular formula is C109H167N15NaO23P. The average molecular weight is 2110 g/mol. The Morgan fingerprint density at radius 3 is 1.35 bits per heavy atom. The molecule has 2 aliphatic heterocycles. The van der Waals surface area contributed by atoms with Crippen molar-refractivity contribution in [2.75, 3.05) is 110 Å². The molecule has 0 radical (unpaired) electrons. The first-order valence-corrected chi connectivity index (χ1v) is 55.7. The van der Waals surface area contributed by atoms with Gasteiger partial charge in [0.05, 0.1) is 81.0 Å². The molecule has 2 aromatic heterocycles. The first kappa shape index (κ1) is 127. The molecule has 5 atom stereocenters. The number of benzene rings is 4. The first-order chi connectivity index (χ1) is 71.5. The molecule has 8 rings (SSSR count). The van der Waals surface area contributed by atoms with Gasteiger partial charge in [0.15, 0.2) is 6.10 Å². The number of carboxylic acid groups (broad SMARTS) is 2. The predicted molar refractivity (Wildman–Crippen MR) is 565 cm³/mol. The van der Waals surface area contributed by atoms with Crippen LogP contribution in [-0.2, 0) is 111 Å². The Morgan fingerprint density at radius 2 is 0.886 bits per heavy atom. The van der Waals surface area contributed by atoms with Gasteiger partial charge in [-0.25, -0.2) is 9.97 Å². The van der Waals surface area contributed by atoms with Crippen LogP contribution in [-0.4, -0.2) is 251 Å². The molecule has 9 amide bonds. The van der Waals surface area contributed by atoms with Crippen LogP contribution in [0.3, 0.4) is 0 Å². The predicted octanol–water partition coefficient (Wildman–Crippen LogP) is 12.9. The number of aromatic amines is 2. The second-order valence-electron chi connectivity index (χ2n) is 38.4. The summed E-state index contributed by atoms with van der Waals surface area (Å²) < 4.78 is 43.9. The van der Waals surface area contributed by atoms with Crippen molar-refractivity contribution in [3.63, 3.8) is 0 Å². The van der Waals surface area contributed by atoms with Gasteiger partial charge in [-0.05, 0) is 131 Å². The van der Waals surface area contributed by atoms with E-state index in [2.05, 4.69) is 71.0 Å². The fourth-order valence-electron chi connectivity index (χ4n) is 17.6. The van der Waals surface area contributed by atoms with Crippen molar-refractivity contribution in [2.45, 2.75) is 354 Å². The number of carboxylic acids is 2. The van der Waals surface area contributed by atoms with E-state index >= 15 is 0 Å². The first-order valence-electron chi connectivity index (χ1n) is 54.2. The maximum absolute atomic E-state index is 13.8. The van der Waals surface area contributed by atoms with Gasteiger partial charge in [-0.1, -0.05) is 218 Å². The van der Waals surface area contributed by atoms with Crippen LogP contribution in [0.1, 0.15) is 347 Å². The molecule has 0 aliphatic carbocycles. The SMILES string of the molecule is CCCCCCCCCCCCCCCC(=O)OC[C@H](COP(=O)([O-])OCCNC(=O)CCC(=O)NCC)OC(=O)CCCCCCCCCCCCCCC.CCOCCOCCC(=O)N[C@H](CCC(=O)NCCCCCCN1Cc2cc(C(=O)N(C)Cc3nc4ccccc4[nH]3)ccc2N[C@@H](CC(=O)O)C1=O)C(=O)NCCCCCCN1Cc2cc(C(=O)N(C)Cc3nc4ccccc4[nH]3)ccc2N[C@@H](CC(=O)O)C1=O.[Na+]. The molecule has 38 nitrogen and oxygen atoms in total. The number of para-hydroxylation sites is 4. The van der Waals surface area contributed by atoms with Crippen molar-refractivity contribution >= 4 is 118 Å². The molecule has 822 valence electrons. The van der Waals surface area contributed by atoms with Crippen LogP contribution in [0, 0.1) is 0 Å². The zero-order valence-electron chi connectivity index (χ0n) is 89.4. The molecule has 0 fully saturated rings. The Hall–Kier alpha value is -10.4. The Morgan fingerprint density at radius 1 is 0.463 bits per heavy atom. The number of hydrogen-bond donors (Lipinski definition) is 11. The zero-order valence-corrected chi connectivity index (χ0v) is 92.3. The number of nitrogens with zero attached hydrogens (tertiary/aromatic N) is 6. The minimum Gasteiger partial charge on any atom is -0.756 e. The van der Waals surface area contributed by atoms with Gasteiger partial charge in [0.1, 0.15) is 36.4 Å². The van der Waals surface area contributed by atoms with Gasteiger partial charge < -0.3 is 110 Å². The summed E-state index contributed by atoms with van der Waals surface area (Å²) in [5.41, 5.74) is 6.63. The van der Waals surface area contributed by atoms with Crippen molar-refractivity contribution in [2.24, 2.45) is 0 Å². The number of hydrogen-bond acceptors (Lipinski definition) is 25.